The summed E-state index contributed by atoms with van der Waals surface area (Å²) in [6, 6.07) is 12.9. The van der Waals surface area contributed by atoms with Crippen LogP contribution < -0.4 is 10.6 Å². The van der Waals surface area contributed by atoms with Gasteiger partial charge in [-0.15, -0.1) is 0 Å². The molecule has 2 N–H and O–H groups in total. The van der Waals surface area contributed by atoms with Crippen LogP contribution in [0.5, 0.6) is 0 Å². The van der Waals surface area contributed by atoms with E-state index < -0.39 is 0 Å². The number of amides is 1. The molecule has 2 aromatic carbocycles. The topological polar surface area (TPSA) is 41.1 Å². The minimum absolute atomic E-state index is 0.0319. The largest absolute Gasteiger partial charge is 0.370 e. The van der Waals surface area contributed by atoms with Gasteiger partial charge in [0.15, 0.2) is 0 Å². The minimum Gasteiger partial charge on any atom is -0.370 e. The summed E-state index contributed by atoms with van der Waals surface area (Å²) in [5.74, 6) is -0.0319. The molecule has 1 heterocycles. The van der Waals surface area contributed by atoms with Crippen LogP contribution in [0.1, 0.15) is 17.2 Å². The Labute approximate surface area is 116 Å². The van der Waals surface area contributed by atoms with Gasteiger partial charge in [-0.2, -0.15) is 0 Å². The molecule has 0 radical (unpaired) electrons. The summed E-state index contributed by atoms with van der Waals surface area (Å²) in [7, 11) is 0. The molecule has 0 aliphatic carbocycles. The van der Waals surface area contributed by atoms with Gasteiger partial charge in [0.05, 0.1) is 0 Å². The van der Waals surface area contributed by atoms with Crippen LogP contribution in [0.4, 0.5) is 11.4 Å². The van der Waals surface area contributed by atoms with Gasteiger partial charge in [-0.05, 0) is 37.3 Å². The van der Waals surface area contributed by atoms with Crippen LogP contribution in [-0.2, 0) is 4.79 Å². The Morgan fingerprint density at radius 2 is 1.89 bits per heavy atom. The lowest BCUT2D eigenvalue weighted by molar-refractivity contribution is -0.116. The first-order chi connectivity index (χ1) is 9.13. The van der Waals surface area contributed by atoms with Crippen molar-refractivity contribution in [2.75, 3.05) is 10.6 Å². The van der Waals surface area contributed by atoms with Crippen LogP contribution in [0.3, 0.4) is 0 Å². The van der Waals surface area contributed by atoms with E-state index in [-0.39, 0.29) is 11.9 Å². The fourth-order valence-corrected chi connectivity index (χ4v) is 2.36. The average Bonchev–Trinajstić information content (AvgIpc) is 2.69. The lowest BCUT2D eigenvalue weighted by Crippen LogP contribution is -2.19. The molecule has 0 saturated heterocycles. The molecular formula is C15H13ClN2O. The summed E-state index contributed by atoms with van der Waals surface area (Å²) in [6.45, 7) is 2.02. The van der Waals surface area contributed by atoms with Crippen molar-refractivity contribution in [2.45, 2.75) is 13.0 Å². The van der Waals surface area contributed by atoms with Gasteiger partial charge in [-0.3, -0.25) is 4.79 Å². The molecule has 3 nitrogen and oxygen atoms in total. The van der Waals surface area contributed by atoms with Crippen molar-refractivity contribution < 1.29 is 4.79 Å². The van der Waals surface area contributed by atoms with E-state index in [2.05, 4.69) is 10.6 Å². The SMILES string of the molecule is Cc1ccc2c(c1)C(Nc1ccc(Cl)cc1)C(=O)N2. The molecule has 4 heteroatoms. The maximum Gasteiger partial charge on any atom is 0.251 e. The smallest absolute Gasteiger partial charge is 0.251 e. The number of aryl methyl sites for hydroxylation is 1. The van der Waals surface area contributed by atoms with Crippen LogP contribution >= 0.6 is 11.6 Å². The Balaban J connectivity index is 1.91. The van der Waals surface area contributed by atoms with Gasteiger partial charge in [0, 0.05) is 22.0 Å². The van der Waals surface area contributed by atoms with Gasteiger partial charge in [-0.25, -0.2) is 0 Å². The number of hydrogen-bond acceptors (Lipinski definition) is 2. The number of halogens is 1. The van der Waals surface area contributed by atoms with E-state index in [1.54, 1.807) is 12.1 Å². The molecule has 1 atom stereocenters. The van der Waals surface area contributed by atoms with Gasteiger partial charge < -0.3 is 10.6 Å². The van der Waals surface area contributed by atoms with E-state index in [0.717, 1.165) is 22.5 Å². The monoisotopic (exact) mass is 272 g/mol. The maximum absolute atomic E-state index is 12.0. The molecule has 19 heavy (non-hydrogen) atoms. The Bertz CT molecular complexity index is 637. The van der Waals surface area contributed by atoms with Crippen molar-refractivity contribution in [1.82, 2.24) is 0 Å². The van der Waals surface area contributed by atoms with Crippen LogP contribution in [-0.4, -0.2) is 5.91 Å². The van der Waals surface area contributed by atoms with Crippen molar-refractivity contribution in [3.05, 3.63) is 58.6 Å². The molecule has 0 fully saturated rings. The van der Waals surface area contributed by atoms with Crippen LogP contribution in [0.15, 0.2) is 42.5 Å². The van der Waals surface area contributed by atoms with Gasteiger partial charge >= 0.3 is 0 Å². The molecule has 0 saturated carbocycles. The first-order valence-electron chi connectivity index (χ1n) is 6.07. The third-order valence-electron chi connectivity index (χ3n) is 3.19. The molecule has 1 aliphatic rings. The van der Waals surface area contributed by atoms with E-state index in [4.69, 9.17) is 11.6 Å². The number of nitrogens with one attached hydrogen (secondary N) is 2. The second-order valence-electron chi connectivity index (χ2n) is 4.66. The zero-order valence-electron chi connectivity index (χ0n) is 10.4. The zero-order chi connectivity index (χ0) is 13.4. The third-order valence-corrected chi connectivity index (χ3v) is 3.45. The van der Waals surface area contributed by atoms with E-state index in [9.17, 15) is 4.79 Å². The Hall–Kier alpha value is -2.00. The van der Waals surface area contributed by atoms with Crippen LogP contribution in [0, 0.1) is 6.92 Å². The molecule has 2 aromatic rings. The normalized spacial score (nSPS) is 16.9. The predicted octanol–water partition coefficient (Wildman–Crippen LogP) is 3.75. The van der Waals surface area contributed by atoms with E-state index in [0.29, 0.717) is 5.02 Å². The number of carbonyl (C=O) groups excluding carboxylic acids is 1. The summed E-state index contributed by atoms with van der Waals surface area (Å²) >= 11 is 5.85. The van der Waals surface area contributed by atoms with Crippen molar-refractivity contribution >= 4 is 28.9 Å². The number of carbonyl (C=O) groups is 1. The second-order valence-corrected chi connectivity index (χ2v) is 5.10. The summed E-state index contributed by atoms with van der Waals surface area (Å²) in [4.78, 5) is 12.0. The molecule has 1 aliphatic heterocycles. The Morgan fingerprint density at radius 1 is 1.16 bits per heavy atom. The molecule has 3 rings (SSSR count). The highest BCUT2D eigenvalue weighted by Crippen LogP contribution is 2.33. The fraction of sp³-hybridized carbons (Fsp3) is 0.133. The van der Waals surface area contributed by atoms with Gasteiger partial charge in [0.25, 0.3) is 5.91 Å². The summed E-state index contributed by atoms with van der Waals surface area (Å²) in [5, 5.41) is 6.79. The van der Waals surface area contributed by atoms with Crippen LogP contribution in [0.2, 0.25) is 5.02 Å². The standard InChI is InChI=1S/C15H13ClN2O/c1-9-2-7-13-12(8-9)14(15(19)18-13)17-11-5-3-10(16)4-6-11/h2-8,14,17H,1H3,(H,18,19). The summed E-state index contributed by atoms with van der Waals surface area (Å²) in [5.41, 5.74) is 3.87. The molecule has 1 amide bonds. The number of hydrogen-bond donors (Lipinski definition) is 2. The Morgan fingerprint density at radius 3 is 2.63 bits per heavy atom. The lowest BCUT2D eigenvalue weighted by Gasteiger charge is -2.13. The molecule has 96 valence electrons. The van der Waals surface area contributed by atoms with E-state index in [1.807, 2.05) is 37.3 Å². The van der Waals surface area contributed by atoms with Crippen molar-refractivity contribution in [3.8, 4) is 0 Å². The number of rotatable bonds is 2. The molecular weight excluding hydrogens is 260 g/mol. The molecule has 0 spiro atoms. The lowest BCUT2D eigenvalue weighted by atomic mass is 10.1. The van der Waals surface area contributed by atoms with Gasteiger partial charge in [0.2, 0.25) is 0 Å². The van der Waals surface area contributed by atoms with Gasteiger partial charge in [0.1, 0.15) is 6.04 Å². The van der Waals surface area contributed by atoms with Crippen molar-refractivity contribution in [1.29, 1.82) is 0 Å². The number of benzene rings is 2. The molecule has 0 bridgehead atoms. The predicted molar refractivity (Wildman–Crippen MR) is 77.6 cm³/mol. The first kappa shape index (κ1) is 12.1. The highest BCUT2D eigenvalue weighted by atomic mass is 35.5. The quantitative estimate of drug-likeness (QED) is 0.874. The second kappa shape index (κ2) is 4.59. The fourth-order valence-electron chi connectivity index (χ4n) is 2.24. The zero-order valence-corrected chi connectivity index (χ0v) is 11.2. The summed E-state index contributed by atoms with van der Waals surface area (Å²) in [6.07, 6.45) is 0. The summed E-state index contributed by atoms with van der Waals surface area (Å²) < 4.78 is 0. The Kier molecular flexibility index (Phi) is 2.91. The van der Waals surface area contributed by atoms with Crippen molar-refractivity contribution in [2.24, 2.45) is 0 Å². The van der Waals surface area contributed by atoms with Gasteiger partial charge in [-0.1, -0.05) is 29.3 Å². The van der Waals surface area contributed by atoms with Crippen LogP contribution in [0.25, 0.3) is 0 Å². The van der Waals surface area contributed by atoms with E-state index >= 15 is 0 Å². The highest BCUT2D eigenvalue weighted by molar-refractivity contribution is 6.30. The highest BCUT2D eigenvalue weighted by Gasteiger charge is 2.30. The van der Waals surface area contributed by atoms with Crippen molar-refractivity contribution in [3.63, 3.8) is 0 Å². The maximum atomic E-state index is 12.0. The number of anilines is 2. The number of fused-ring (bicyclic) bond motifs is 1. The molecule has 1 unspecified atom stereocenters. The minimum atomic E-state index is -0.351. The molecule has 0 aromatic heterocycles. The third kappa shape index (κ3) is 2.29. The average molecular weight is 273 g/mol. The van der Waals surface area contributed by atoms with E-state index in [1.165, 1.54) is 0 Å². The first-order valence-corrected chi connectivity index (χ1v) is 6.45.